The van der Waals surface area contributed by atoms with Crippen LogP contribution in [0.5, 0.6) is 0 Å². The first-order valence-corrected chi connectivity index (χ1v) is 7.66. The standard InChI is InChI=1S/C14H20ClNS/c1-10(2)9-17-14-11(4-3-5-13(14)15)8-16-12-6-7-12/h3-5,10,12,16H,6-9H2,1-2H3. The van der Waals surface area contributed by atoms with Crippen LogP contribution in [0.15, 0.2) is 23.1 Å². The van der Waals surface area contributed by atoms with Crippen molar-refractivity contribution >= 4 is 23.4 Å². The minimum Gasteiger partial charge on any atom is -0.310 e. The van der Waals surface area contributed by atoms with E-state index in [1.807, 2.05) is 23.9 Å². The van der Waals surface area contributed by atoms with Gasteiger partial charge in [-0.05, 0) is 30.4 Å². The lowest BCUT2D eigenvalue weighted by molar-refractivity contribution is 0.680. The number of rotatable bonds is 6. The molecule has 0 bridgehead atoms. The molecule has 3 heteroatoms. The summed E-state index contributed by atoms with van der Waals surface area (Å²) in [6, 6.07) is 6.97. The summed E-state index contributed by atoms with van der Waals surface area (Å²) in [5.41, 5.74) is 1.34. The van der Waals surface area contributed by atoms with Gasteiger partial charge in [-0.3, -0.25) is 0 Å². The number of benzene rings is 1. The predicted octanol–water partition coefficient (Wildman–Crippen LogP) is 4.34. The number of nitrogens with one attached hydrogen (secondary N) is 1. The van der Waals surface area contributed by atoms with E-state index in [0.717, 1.165) is 23.4 Å². The van der Waals surface area contributed by atoms with E-state index in [0.29, 0.717) is 5.92 Å². The van der Waals surface area contributed by atoms with Crippen LogP contribution in [0, 0.1) is 5.92 Å². The van der Waals surface area contributed by atoms with Gasteiger partial charge in [0, 0.05) is 23.2 Å². The van der Waals surface area contributed by atoms with Crippen molar-refractivity contribution in [2.45, 2.75) is 44.2 Å². The van der Waals surface area contributed by atoms with Gasteiger partial charge in [0.15, 0.2) is 0 Å². The van der Waals surface area contributed by atoms with Gasteiger partial charge in [-0.1, -0.05) is 37.6 Å². The lowest BCUT2D eigenvalue weighted by Gasteiger charge is -2.13. The molecule has 0 saturated heterocycles. The van der Waals surface area contributed by atoms with Crippen LogP contribution in [0.1, 0.15) is 32.3 Å². The number of hydrogen-bond donors (Lipinski definition) is 1. The van der Waals surface area contributed by atoms with E-state index in [1.54, 1.807) is 0 Å². The minimum absolute atomic E-state index is 0.695. The first-order chi connectivity index (χ1) is 8.16. The van der Waals surface area contributed by atoms with Gasteiger partial charge in [0.2, 0.25) is 0 Å². The Labute approximate surface area is 113 Å². The van der Waals surface area contributed by atoms with Crippen LogP contribution in [0.3, 0.4) is 0 Å². The maximum atomic E-state index is 6.30. The van der Waals surface area contributed by atoms with Gasteiger partial charge >= 0.3 is 0 Å². The molecule has 0 spiro atoms. The molecule has 0 aromatic heterocycles. The summed E-state index contributed by atoms with van der Waals surface area (Å²) in [6.07, 6.45) is 2.66. The first kappa shape index (κ1) is 13.3. The Balaban J connectivity index is 2.03. The summed E-state index contributed by atoms with van der Waals surface area (Å²) in [4.78, 5) is 1.26. The Bertz CT molecular complexity index is 374. The molecule has 0 radical (unpaired) electrons. The second-order valence-electron chi connectivity index (χ2n) is 5.09. The van der Waals surface area contributed by atoms with Crippen LogP contribution in [0.25, 0.3) is 0 Å². The molecule has 1 aromatic rings. The fraction of sp³-hybridized carbons (Fsp3) is 0.571. The molecule has 94 valence electrons. The zero-order valence-electron chi connectivity index (χ0n) is 10.5. The van der Waals surface area contributed by atoms with E-state index < -0.39 is 0 Å². The van der Waals surface area contributed by atoms with Crippen LogP contribution < -0.4 is 5.32 Å². The SMILES string of the molecule is CC(C)CSc1c(Cl)cccc1CNC1CC1. The average Bonchev–Trinajstić information content (AvgIpc) is 3.08. The number of thioether (sulfide) groups is 1. The highest BCUT2D eigenvalue weighted by Crippen LogP contribution is 2.32. The molecule has 1 aliphatic carbocycles. The highest BCUT2D eigenvalue weighted by Gasteiger charge is 2.20. The van der Waals surface area contributed by atoms with Crippen molar-refractivity contribution in [3.63, 3.8) is 0 Å². The maximum absolute atomic E-state index is 6.30. The molecular formula is C14H20ClNS. The summed E-state index contributed by atoms with van der Waals surface area (Å²) in [6.45, 7) is 5.43. The second kappa shape index (κ2) is 6.12. The van der Waals surface area contributed by atoms with Gasteiger partial charge in [-0.15, -0.1) is 11.8 Å². The molecule has 0 aliphatic heterocycles. The van der Waals surface area contributed by atoms with Crippen LogP contribution in [0.2, 0.25) is 5.02 Å². The van der Waals surface area contributed by atoms with Gasteiger partial charge in [-0.25, -0.2) is 0 Å². The average molecular weight is 270 g/mol. The van der Waals surface area contributed by atoms with E-state index >= 15 is 0 Å². The third-order valence-corrected chi connectivity index (χ3v) is 4.80. The van der Waals surface area contributed by atoms with Crippen molar-refractivity contribution in [3.05, 3.63) is 28.8 Å². The maximum Gasteiger partial charge on any atom is 0.0545 e. The van der Waals surface area contributed by atoms with E-state index in [4.69, 9.17) is 11.6 Å². The van der Waals surface area contributed by atoms with Crippen molar-refractivity contribution in [2.24, 2.45) is 5.92 Å². The molecule has 0 atom stereocenters. The molecule has 1 aliphatic rings. The highest BCUT2D eigenvalue weighted by molar-refractivity contribution is 7.99. The molecule has 1 saturated carbocycles. The van der Waals surface area contributed by atoms with Gasteiger partial charge in [0.05, 0.1) is 5.02 Å². The topological polar surface area (TPSA) is 12.0 Å². The Morgan fingerprint density at radius 2 is 2.18 bits per heavy atom. The third kappa shape index (κ3) is 4.20. The summed E-state index contributed by atoms with van der Waals surface area (Å²) < 4.78 is 0. The van der Waals surface area contributed by atoms with E-state index in [2.05, 4.69) is 25.2 Å². The van der Waals surface area contributed by atoms with Crippen molar-refractivity contribution in [2.75, 3.05) is 5.75 Å². The molecule has 1 fully saturated rings. The number of halogens is 1. The van der Waals surface area contributed by atoms with E-state index in [9.17, 15) is 0 Å². The lowest BCUT2D eigenvalue weighted by atomic mass is 10.2. The van der Waals surface area contributed by atoms with Crippen LogP contribution in [-0.2, 0) is 6.54 Å². The zero-order chi connectivity index (χ0) is 12.3. The fourth-order valence-electron chi connectivity index (χ4n) is 1.65. The van der Waals surface area contributed by atoms with Crippen molar-refractivity contribution < 1.29 is 0 Å². The quantitative estimate of drug-likeness (QED) is 0.771. The van der Waals surface area contributed by atoms with Crippen LogP contribution in [0.4, 0.5) is 0 Å². The van der Waals surface area contributed by atoms with Gasteiger partial charge in [0.25, 0.3) is 0 Å². The van der Waals surface area contributed by atoms with Crippen molar-refractivity contribution in [1.82, 2.24) is 5.32 Å². The first-order valence-electron chi connectivity index (χ1n) is 6.30. The normalized spacial score (nSPS) is 15.5. The third-order valence-electron chi connectivity index (χ3n) is 2.77. The van der Waals surface area contributed by atoms with Gasteiger partial charge in [0.1, 0.15) is 0 Å². The number of hydrogen-bond acceptors (Lipinski definition) is 2. The molecule has 0 amide bonds. The van der Waals surface area contributed by atoms with Gasteiger partial charge < -0.3 is 5.32 Å². The van der Waals surface area contributed by atoms with Crippen LogP contribution >= 0.6 is 23.4 Å². The lowest BCUT2D eigenvalue weighted by Crippen LogP contribution is -2.16. The van der Waals surface area contributed by atoms with Crippen molar-refractivity contribution in [1.29, 1.82) is 0 Å². The molecule has 17 heavy (non-hydrogen) atoms. The summed E-state index contributed by atoms with van der Waals surface area (Å²) in [5.74, 6) is 1.82. The fourth-order valence-corrected chi connectivity index (χ4v) is 3.04. The Morgan fingerprint density at radius 3 is 2.82 bits per heavy atom. The zero-order valence-corrected chi connectivity index (χ0v) is 12.1. The summed E-state index contributed by atoms with van der Waals surface area (Å²) in [7, 11) is 0. The molecule has 2 rings (SSSR count). The molecule has 1 aromatic carbocycles. The molecule has 1 N–H and O–H groups in total. The van der Waals surface area contributed by atoms with Gasteiger partial charge in [-0.2, -0.15) is 0 Å². The summed E-state index contributed by atoms with van der Waals surface area (Å²) in [5, 5.41) is 4.45. The largest absolute Gasteiger partial charge is 0.310 e. The molecule has 1 nitrogen and oxygen atoms in total. The monoisotopic (exact) mass is 269 g/mol. The Kier molecular flexibility index (Phi) is 4.78. The van der Waals surface area contributed by atoms with Crippen molar-refractivity contribution in [3.8, 4) is 0 Å². The second-order valence-corrected chi connectivity index (χ2v) is 6.53. The highest BCUT2D eigenvalue weighted by atomic mass is 35.5. The van der Waals surface area contributed by atoms with E-state index in [1.165, 1.54) is 23.3 Å². The molecule has 0 unspecified atom stereocenters. The van der Waals surface area contributed by atoms with Crippen LogP contribution in [-0.4, -0.2) is 11.8 Å². The smallest absolute Gasteiger partial charge is 0.0545 e. The van der Waals surface area contributed by atoms with E-state index in [-0.39, 0.29) is 0 Å². The minimum atomic E-state index is 0.695. The molecule has 0 heterocycles. The Hall–Kier alpha value is -0.180. The summed E-state index contributed by atoms with van der Waals surface area (Å²) >= 11 is 8.18. The predicted molar refractivity (Wildman–Crippen MR) is 76.9 cm³/mol. The molecular weight excluding hydrogens is 250 g/mol. The Morgan fingerprint density at radius 1 is 1.41 bits per heavy atom.